The number of carbonyl (C=O) groups excluding carboxylic acids is 2. The predicted molar refractivity (Wildman–Crippen MR) is 118 cm³/mol. The minimum absolute atomic E-state index is 0.00418. The molecule has 156 valence electrons. The highest BCUT2D eigenvalue weighted by molar-refractivity contribution is 6.32. The van der Waals surface area contributed by atoms with Crippen LogP contribution < -0.4 is 10.1 Å². The second kappa shape index (κ2) is 8.52. The molecule has 1 saturated carbocycles. The van der Waals surface area contributed by atoms with Crippen molar-refractivity contribution in [3.05, 3.63) is 65.2 Å². The molecule has 5 nitrogen and oxygen atoms in total. The largest absolute Gasteiger partial charge is 0.495 e. The monoisotopic (exact) mass is 424 g/mol. The van der Waals surface area contributed by atoms with Crippen LogP contribution in [-0.2, 0) is 9.59 Å². The smallest absolute Gasteiger partial charge is 0.246 e. The Labute approximate surface area is 181 Å². The number of methoxy groups -OCH3 is 1. The van der Waals surface area contributed by atoms with Gasteiger partial charge in [-0.1, -0.05) is 41.9 Å². The Morgan fingerprint density at radius 1 is 1.17 bits per heavy atom. The van der Waals surface area contributed by atoms with Crippen LogP contribution in [0.1, 0.15) is 24.8 Å². The fourth-order valence-electron chi connectivity index (χ4n) is 4.25. The van der Waals surface area contributed by atoms with Crippen LogP contribution in [0.25, 0.3) is 6.08 Å². The summed E-state index contributed by atoms with van der Waals surface area (Å²) in [7, 11) is 1.56. The third kappa shape index (κ3) is 4.36. The van der Waals surface area contributed by atoms with E-state index in [0.29, 0.717) is 29.5 Å². The van der Waals surface area contributed by atoms with E-state index in [4.69, 9.17) is 16.3 Å². The van der Waals surface area contributed by atoms with Crippen LogP contribution >= 0.6 is 11.6 Å². The standard InChI is InChI=1S/C24H25ClN2O3/c1-30-21-9-8-18(15-20(21)25)26-23(29)19-16-24(19)11-13-27(14-12-24)22(28)10-7-17-5-3-2-4-6-17/h2-10,15,19H,11-14,16H2,1H3,(H,26,29)/b10-7+/t19-/m0/s1. The zero-order valence-corrected chi connectivity index (χ0v) is 17.7. The van der Waals surface area contributed by atoms with Gasteiger partial charge in [0.15, 0.2) is 0 Å². The first kappa shape index (κ1) is 20.5. The van der Waals surface area contributed by atoms with Crippen molar-refractivity contribution in [1.82, 2.24) is 4.90 Å². The fraction of sp³-hybridized carbons (Fsp3) is 0.333. The van der Waals surface area contributed by atoms with Crippen molar-refractivity contribution in [2.24, 2.45) is 11.3 Å². The number of hydrogen-bond donors (Lipinski definition) is 1. The van der Waals surface area contributed by atoms with Crippen molar-refractivity contribution in [2.45, 2.75) is 19.3 Å². The number of halogens is 1. The van der Waals surface area contributed by atoms with Crippen LogP contribution in [0, 0.1) is 11.3 Å². The molecule has 1 aliphatic carbocycles. The Morgan fingerprint density at radius 3 is 2.57 bits per heavy atom. The van der Waals surface area contributed by atoms with Crippen molar-refractivity contribution >= 4 is 35.2 Å². The average molecular weight is 425 g/mol. The van der Waals surface area contributed by atoms with E-state index in [0.717, 1.165) is 24.8 Å². The first-order chi connectivity index (χ1) is 14.5. The number of nitrogens with zero attached hydrogens (tertiary/aromatic N) is 1. The van der Waals surface area contributed by atoms with Crippen molar-refractivity contribution < 1.29 is 14.3 Å². The van der Waals surface area contributed by atoms with Gasteiger partial charge in [-0.2, -0.15) is 0 Å². The Hall–Kier alpha value is -2.79. The zero-order valence-electron chi connectivity index (χ0n) is 16.9. The van der Waals surface area contributed by atoms with E-state index in [9.17, 15) is 9.59 Å². The van der Waals surface area contributed by atoms with E-state index in [1.165, 1.54) is 0 Å². The number of rotatable bonds is 5. The summed E-state index contributed by atoms with van der Waals surface area (Å²) in [5.74, 6) is 0.634. The summed E-state index contributed by atoms with van der Waals surface area (Å²) in [6, 6.07) is 15.0. The molecule has 2 amide bonds. The van der Waals surface area contributed by atoms with Crippen LogP contribution in [-0.4, -0.2) is 36.9 Å². The number of piperidine rings is 1. The maximum absolute atomic E-state index is 12.7. The number of hydrogen-bond acceptors (Lipinski definition) is 3. The maximum Gasteiger partial charge on any atom is 0.246 e. The number of ether oxygens (including phenoxy) is 1. The number of amides is 2. The summed E-state index contributed by atoms with van der Waals surface area (Å²) in [4.78, 5) is 27.1. The number of carbonyl (C=O) groups is 2. The van der Waals surface area contributed by atoms with E-state index in [2.05, 4.69) is 5.32 Å². The van der Waals surface area contributed by atoms with Crippen LogP contribution in [0.2, 0.25) is 5.02 Å². The molecule has 6 heteroatoms. The lowest BCUT2D eigenvalue weighted by Crippen LogP contribution is -2.39. The van der Waals surface area contributed by atoms with E-state index >= 15 is 0 Å². The van der Waals surface area contributed by atoms with Gasteiger partial charge in [0.1, 0.15) is 5.75 Å². The third-order valence-corrected chi connectivity index (χ3v) is 6.51. The van der Waals surface area contributed by atoms with E-state index in [-0.39, 0.29) is 23.1 Å². The first-order valence-corrected chi connectivity index (χ1v) is 10.5. The highest BCUT2D eigenvalue weighted by Gasteiger charge is 2.58. The molecule has 1 aliphatic heterocycles. The molecular weight excluding hydrogens is 400 g/mol. The van der Waals surface area contributed by atoms with Crippen LogP contribution in [0.5, 0.6) is 5.75 Å². The molecule has 2 aromatic rings. The second-order valence-corrected chi connectivity index (χ2v) is 8.43. The Kier molecular flexibility index (Phi) is 5.82. The molecule has 1 atom stereocenters. The van der Waals surface area contributed by atoms with Crippen LogP contribution in [0.15, 0.2) is 54.6 Å². The topological polar surface area (TPSA) is 58.6 Å². The molecule has 1 saturated heterocycles. The van der Waals surface area contributed by atoms with Crippen molar-refractivity contribution in [3.8, 4) is 5.75 Å². The predicted octanol–water partition coefficient (Wildman–Crippen LogP) is 4.63. The number of likely N-dealkylation sites (tertiary alicyclic amines) is 1. The molecule has 0 radical (unpaired) electrons. The van der Waals surface area contributed by atoms with Crippen molar-refractivity contribution in [1.29, 1.82) is 0 Å². The molecule has 0 unspecified atom stereocenters. The van der Waals surface area contributed by atoms with E-state index in [1.807, 2.05) is 41.3 Å². The lowest BCUT2D eigenvalue weighted by atomic mass is 9.90. The zero-order chi connectivity index (χ0) is 21.1. The van der Waals surface area contributed by atoms with Gasteiger partial charge in [0.2, 0.25) is 11.8 Å². The Bertz CT molecular complexity index is 966. The van der Waals surface area contributed by atoms with Crippen LogP contribution in [0.3, 0.4) is 0 Å². The van der Waals surface area contributed by atoms with Crippen LogP contribution in [0.4, 0.5) is 5.69 Å². The molecule has 4 rings (SSSR count). The number of benzene rings is 2. The molecular formula is C24H25ClN2O3. The lowest BCUT2D eigenvalue weighted by molar-refractivity contribution is -0.127. The van der Waals surface area contributed by atoms with Gasteiger partial charge >= 0.3 is 0 Å². The quantitative estimate of drug-likeness (QED) is 0.712. The minimum Gasteiger partial charge on any atom is -0.495 e. The second-order valence-electron chi connectivity index (χ2n) is 8.03. The van der Waals surface area contributed by atoms with Gasteiger partial charge in [0.25, 0.3) is 0 Å². The van der Waals surface area contributed by atoms with Gasteiger partial charge in [0, 0.05) is 30.8 Å². The molecule has 30 heavy (non-hydrogen) atoms. The van der Waals surface area contributed by atoms with Gasteiger partial charge in [-0.25, -0.2) is 0 Å². The highest BCUT2D eigenvalue weighted by Crippen LogP contribution is 2.59. The molecule has 1 N–H and O–H groups in total. The summed E-state index contributed by atoms with van der Waals surface area (Å²) >= 11 is 6.14. The van der Waals surface area contributed by atoms with Gasteiger partial charge < -0.3 is 15.0 Å². The van der Waals surface area contributed by atoms with E-state index < -0.39 is 0 Å². The van der Waals surface area contributed by atoms with Crippen molar-refractivity contribution in [3.63, 3.8) is 0 Å². The Balaban J connectivity index is 1.29. The van der Waals surface area contributed by atoms with Gasteiger partial charge in [-0.15, -0.1) is 0 Å². The SMILES string of the molecule is COc1ccc(NC(=O)[C@@H]2CC23CCN(C(=O)/C=C/c2ccccc2)CC3)cc1Cl. The molecule has 2 fully saturated rings. The molecule has 0 aromatic heterocycles. The lowest BCUT2D eigenvalue weighted by Gasteiger charge is -2.32. The maximum atomic E-state index is 12.7. The third-order valence-electron chi connectivity index (χ3n) is 6.21. The van der Waals surface area contributed by atoms with E-state index in [1.54, 1.807) is 31.4 Å². The number of anilines is 1. The molecule has 1 spiro atoms. The minimum atomic E-state index is -0.00418. The summed E-state index contributed by atoms with van der Waals surface area (Å²) in [6.07, 6.45) is 6.08. The average Bonchev–Trinajstić information content (AvgIpc) is 3.47. The molecule has 2 aliphatic rings. The number of nitrogens with one attached hydrogen (secondary N) is 1. The van der Waals surface area contributed by atoms with Gasteiger partial charge in [-0.3, -0.25) is 9.59 Å². The Morgan fingerprint density at radius 2 is 1.90 bits per heavy atom. The first-order valence-electron chi connectivity index (χ1n) is 10.2. The summed E-state index contributed by atoms with van der Waals surface area (Å²) in [5.41, 5.74) is 1.71. The van der Waals surface area contributed by atoms with Gasteiger partial charge in [0.05, 0.1) is 12.1 Å². The highest BCUT2D eigenvalue weighted by atomic mass is 35.5. The fourth-order valence-corrected chi connectivity index (χ4v) is 4.51. The molecule has 2 aromatic carbocycles. The normalized spacial score (nSPS) is 19.7. The molecule has 0 bridgehead atoms. The summed E-state index contributed by atoms with van der Waals surface area (Å²) in [5, 5.41) is 3.44. The summed E-state index contributed by atoms with van der Waals surface area (Å²) in [6.45, 7) is 1.38. The van der Waals surface area contributed by atoms with Crippen molar-refractivity contribution in [2.75, 3.05) is 25.5 Å². The summed E-state index contributed by atoms with van der Waals surface area (Å²) < 4.78 is 5.14. The van der Waals surface area contributed by atoms with Gasteiger partial charge in [-0.05, 0) is 54.5 Å². The molecule has 1 heterocycles.